The van der Waals surface area contributed by atoms with E-state index in [0.717, 1.165) is 19.3 Å². The number of hydrogen-bond acceptors (Lipinski definition) is 2. The van der Waals surface area contributed by atoms with Crippen LogP contribution in [0.15, 0.2) is 12.1 Å². The largest absolute Gasteiger partial charge is 0.504 e. The molecule has 0 fully saturated rings. The van der Waals surface area contributed by atoms with Gasteiger partial charge in [0, 0.05) is 0 Å². The first-order valence-corrected chi connectivity index (χ1v) is 7.72. The third kappa shape index (κ3) is 5.54. The molecule has 0 aliphatic carbocycles. The smallest absolute Gasteiger partial charge is 0.157 e. The quantitative estimate of drug-likeness (QED) is 0.489. The molecule has 108 valence electrons. The zero-order valence-corrected chi connectivity index (χ0v) is 12.4. The van der Waals surface area contributed by atoms with Crippen LogP contribution in [-0.4, -0.2) is 10.2 Å². The van der Waals surface area contributed by atoms with Gasteiger partial charge in [-0.15, -0.1) is 0 Å². The maximum absolute atomic E-state index is 9.65. The van der Waals surface area contributed by atoms with E-state index < -0.39 is 0 Å². The standard InChI is InChI=1S/C17H28O2/c1-3-5-7-9-11-15-13-17(19)16(18)12-14(15)10-8-6-4-2/h12-13,18-19H,3-11H2,1-2H3. The van der Waals surface area contributed by atoms with Gasteiger partial charge in [-0.25, -0.2) is 0 Å². The molecular weight excluding hydrogens is 236 g/mol. The van der Waals surface area contributed by atoms with E-state index in [9.17, 15) is 10.2 Å². The Balaban J connectivity index is 2.66. The lowest BCUT2D eigenvalue weighted by Crippen LogP contribution is -1.96. The summed E-state index contributed by atoms with van der Waals surface area (Å²) in [5.41, 5.74) is 2.42. The minimum Gasteiger partial charge on any atom is -0.504 e. The van der Waals surface area contributed by atoms with E-state index in [1.807, 2.05) is 0 Å². The first-order chi connectivity index (χ1) is 9.19. The van der Waals surface area contributed by atoms with Gasteiger partial charge in [0.2, 0.25) is 0 Å². The summed E-state index contributed by atoms with van der Waals surface area (Å²) in [6, 6.07) is 3.50. The van der Waals surface area contributed by atoms with Crippen molar-refractivity contribution in [1.29, 1.82) is 0 Å². The second-order valence-corrected chi connectivity index (χ2v) is 5.38. The maximum atomic E-state index is 9.65. The molecule has 0 spiro atoms. The molecular formula is C17H28O2. The van der Waals surface area contributed by atoms with Gasteiger partial charge in [0.25, 0.3) is 0 Å². The highest BCUT2D eigenvalue weighted by molar-refractivity contribution is 5.45. The fourth-order valence-corrected chi connectivity index (χ4v) is 2.44. The van der Waals surface area contributed by atoms with E-state index >= 15 is 0 Å². The molecule has 0 bridgehead atoms. The Labute approximate surface area is 117 Å². The summed E-state index contributed by atoms with van der Waals surface area (Å²) in [6.07, 6.45) is 10.5. The third-order valence-electron chi connectivity index (χ3n) is 3.65. The van der Waals surface area contributed by atoms with E-state index in [-0.39, 0.29) is 11.5 Å². The van der Waals surface area contributed by atoms with Crippen molar-refractivity contribution in [2.24, 2.45) is 0 Å². The molecule has 2 nitrogen and oxygen atoms in total. The van der Waals surface area contributed by atoms with Crippen molar-refractivity contribution < 1.29 is 10.2 Å². The van der Waals surface area contributed by atoms with Crippen LogP contribution in [0.2, 0.25) is 0 Å². The zero-order valence-electron chi connectivity index (χ0n) is 12.4. The molecule has 0 aromatic heterocycles. The van der Waals surface area contributed by atoms with Gasteiger partial charge in [-0.2, -0.15) is 0 Å². The SMILES string of the molecule is CCCCCCc1cc(O)c(O)cc1CCCCC. The predicted molar refractivity (Wildman–Crippen MR) is 80.8 cm³/mol. The third-order valence-corrected chi connectivity index (χ3v) is 3.65. The molecule has 0 heterocycles. The van der Waals surface area contributed by atoms with Gasteiger partial charge in [0.05, 0.1) is 0 Å². The fraction of sp³-hybridized carbons (Fsp3) is 0.647. The Morgan fingerprint density at radius 2 is 1.11 bits per heavy atom. The zero-order chi connectivity index (χ0) is 14.1. The van der Waals surface area contributed by atoms with E-state index in [2.05, 4.69) is 13.8 Å². The van der Waals surface area contributed by atoms with E-state index in [0.29, 0.717) is 0 Å². The Hall–Kier alpha value is -1.18. The first-order valence-electron chi connectivity index (χ1n) is 7.72. The lowest BCUT2D eigenvalue weighted by atomic mass is 9.96. The fourth-order valence-electron chi connectivity index (χ4n) is 2.44. The molecule has 1 aromatic carbocycles. The van der Waals surface area contributed by atoms with Crippen LogP contribution in [0.25, 0.3) is 0 Å². The maximum Gasteiger partial charge on any atom is 0.157 e. The summed E-state index contributed by atoms with van der Waals surface area (Å²) in [5.74, 6) is 0.0357. The van der Waals surface area contributed by atoms with Crippen LogP contribution in [0.4, 0.5) is 0 Å². The van der Waals surface area contributed by atoms with Gasteiger partial charge in [0.15, 0.2) is 11.5 Å². The highest BCUT2D eigenvalue weighted by Crippen LogP contribution is 2.30. The van der Waals surface area contributed by atoms with Crippen LogP contribution in [0.5, 0.6) is 11.5 Å². The molecule has 0 saturated heterocycles. The van der Waals surface area contributed by atoms with E-state index in [1.54, 1.807) is 12.1 Å². The number of hydrogen-bond donors (Lipinski definition) is 2. The van der Waals surface area contributed by atoms with Crippen molar-refractivity contribution in [2.45, 2.75) is 71.6 Å². The van der Waals surface area contributed by atoms with Crippen molar-refractivity contribution >= 4 is 0 Å². The molecule has 0 unspecified atom stereocenters. The van der Waals surface area contributed by atoms with Gasteiger partial charge in [-0.05, 0) is 48.9 Å². The Morgan fingerprint density at radius 3 is 1.58 bits per heavy atom. The summed E-state index contributed by atoms with van der Waals surface area (Å²) in [5, 5.41) is 19.3. The van der Waals surface area contributed by atoms with Crippen molar-refractivity contribution in [3.05, 3.63) is 23.3 Å². The minimum absolute atomic E-state index is 0.0174. The topological polar surface area (TPSA) is 40.5 Å². The molecule has 0 amide bonds. The highest BCUT2D eigenvalue weighted by Gasteiger charge is 2.08. The number of rotatable bonds is 9. The molecule has 1 aromatic rings. The summed E-state index contributed by atoms with van der Waals surface area (Å²) in [4.78, 5) is 0. The van der Waals surface area contributed by atoms with Crippen molar-refractivity contribution in [1.82, 2.24) is 0 Å². The van der Waals surface area contributed by atoms with Crippen LogP contribution in [-0.2, 0) is 12.8 Å². The number of unbranched alkanes of at least 4 members (excludes halogenated alkanes) is 5. The Bertz CT molecular complexity index is 372. The lowest BCUT2D eigenvalue weighted by Gasteiger charge is -2.11. The number of phenolic OH excluding ortho intramolecular Hbond substituents is 2. The summed E-state index contributed by atoms with van der Waals surface area (Å²) in [6.45, 7) is 4.41. The second-order valence-electron chi connectivity index (χ2n) is 5.38. The molecule has 0 aliphatic heterocycles. The van der Waals surface area contributed by atoms with Crippen LogP contribution in [0, 0.1) is 0 Å². The van der Waals surface area contributed by atoms with Gasteiger partial charge in [-0.1, -0.05) is 46.0 Å². The molecule has 2 heteroatoms. The van der Waals surface area contributed by atoms with Crippen molar-refractivity contribution in [3.8, 4) is 11.5 Å². The molecule has 0 radical (unpaired) electrons. The molecule has 0 aliphatic rings. The predicted octanol–water partition coefficient (Wildman–Crippen LogP) is 4.95. The Morgan fingerprint density at radius 1 is 0.684 bits per heavy atom. The molecule has 2 N–H and O–H groups in total. The van der Waals surface area contributed by atoms with Gasteiger partial charge >= 0.3 is 0 Å². The highest BCUT2D eigenvalue weighted by atomic mass is 16.3. The van der Waals surface area contributed by atoms with E-state index in [4.69, 9.17) is 0 Å². The minimum atomic E-state index is 0.0174. The van der Waals surface area contributed by atoms with E-state index in [1.165, 1.54) is 49.7 Å². The lowest BCUT2D eigenvalue weighted by molar-refractivity contribution is 0.402. The van der Waals surface area contributed by atoms with Crippen LogP contribution >= 0.6 is 0 Å². The molecule has 19 heavy (non-hydrogen) atoms. The average Bonchev–Trinajstić information content (AvgIpc) is 2.40. The van der Waals surface area contributed by atoms with Crippen molar-refractivity contribution in [3.63, 3.8) is 0 Å². The Kier molecular flexibility index (Phi) is 7.39. The van der Waals surface area contributed by atoms with Crippen LogP contribution in [0.1, 0.15) is 69.9 Å². The van der Waals surface area contributed by atoms with Crippen molar-refractivity contribution in [2.75, 3.05) is 0 Å². The molecule has 0 atom stereocenters. The number of aryl methyl sites for hydroxylation is 2. The average molecular weight is 264 g/mol. The molecule has 1 rings (SSSR count). The summed E-state index contributed by atoms with van der Waals surface area (Å²) < 4.78 is 0. The van der Waals surface area contributed by atoms with Gasteiger partial charge < -0.3 is 10.2 Å². The molecule has 0 saturated carbocycles. The van der Waals surface area contributed by atoms with Gasteiger partial charge in [-0.3, -0.25) is 0 Å². The number of benzene rings is 1. The van der Waals surface area contributed by atoms with Gasteiger partial charge in [0.1, 0.15) is 0 Å². The first kappa shape index (κ1) is 15.9. The van der Waals surface area contributed by atoms with Crippen LogP contribution < -0.4 is 0 Å². The second kappa shape index (κ2) is 8.84. The number of aromatic hydroxyl groups is 2. The summed E-state index contributed by atoms with van der Waals surface area (Å²) in [7, 11) is 0. The van der Waals surface area contributed by atoms with Crippen LogP contribution in [0.3, 0.4) is 0 Å². The number of phenols is 2. The summed E-state index contributed by atoms with van der Waals surface area (Å²) >= 11 is 0. The monoisotopic (exact) mass is 264 g/mol. The normalized spacial score (nSPS) is 10.8.